The van der Waals surface area contributed by atoms with Crippen molar-refractivity contribution in [3.63, 3.8) is 0 Å². The van der Waals surface area contributed by atoms with Crippen molar-refractivity contribution in [2.45, 2.75) is 18.1 Å². The molecule has 2 fully saturated rings. The van der Waals surface area contributed by atoms with Crippen LogP contribution in [-0.4, -0.2) is 68.8 Å². The summed E-state index contributed by atoms with van der Waals surface area (Å²) in [5.41, 5.74) is 0.513. The van der Waals surface area contributed by atoms with E-state index >= 15 is 0 Å². The largest absolute Gasteiger partial charge is 0.383 e. The average molecular weight is 385 g/mol. The predicted molar refractivity (Wildman–Crippen MR) is 95.9 cm³/mol. The second kappa shape index (κ2) is 7.89. The van der Waals surface area contributed by atoms with E-state index in [2.05, 4.69) is 5.32 Å². The van der Waals surface area contributed by atoms with E-state index in [-0.39, 0.29) is 17.8 Å². The van der Waals surface area contributed by atoms with E-state index in [1.54, 1.807) is 12.0 Å². The van der Waals surface area contributed by atoms with Crippen molar-refractivity contribution in [3.05, 3.63) is 30.1 Å². The summed E-state index contributed by atoms with van der Waals surface area (Å²) in [6.07, 6.45) is 1.07. The van der Waals surface area contributed by atoms with E-state index in [9.17, 15) is 17.6 Å². The van der Waals surface area contributed by atoms with Gasteiger partial charge in [0.2, 0.25) is 10.0 Å². The summed E-state index contributed by atoms with van der Waals surface area (Å²) in [4.78, 5) is 14.1. The van der Waals surface area contributed by atoms with Crippen LogP contribution in [0.25, 0.3) is 0 Å². The number of carbonyl (C=O) groups excluding carboxylic acids is 1. The molecule has 1 aromatic rings. The molecule has 7 nitrogen and oxygen atoms in total. The van der Waals surface area contributed by atoms with Gasteiger partial charge in [0.15, 0.2) is 0 Å². The number of amides is 2. The van der Waals surface area contributed by atoms with E-state index < -0.39 is 15.3 Å². The van der Waals surface area contributed by atoms with Gasteiger partial charge in [-0.15, -0.1) is 0 Å². The molecule has 2 atom stereocenters. The maximum Gasteiger partial charge on any atom is 0.321 e. The zero-order chi connectivity index (χ0) is 18.7. The van der Waals surface area contributed by atoms with Crippen molar-refractivity contribution >= 4 is 21.7 Å². The Morgan fingerprint density at radius 3 is 2.65 bits per heavy atom. The molecule has 26 heavy (non-hydrogen) atoms. The SMILES string of the molecule is COCCN1C[C@@H]2CCN(C(=O)Nc3ccc(F)cc3)CC[C@@H]2S1(=O)=O. The van der Waals surface area contributed by atoms with E-state index in [1.807, 2.05) is 0 Å². The number of likely N-dealkylation sites (tertiary alicyclic amines) is 1. The lowest BCUT2D eigenvalue weighted by molar-refractivity contribution is 0.178. The molecule has 0 radical (unpaired) electrons. The van der Waals surface area contributed by atoms with Crippen LogP contribution in [0.4, 0.5) is 14.9 Å². The highest BCUT2D eigenvalue weighted by molar-refractivity contribution is 7.90. The monoisotopic (exact) mass is 385 g/mol. The molecule has 3 rings (SSSR count). The average Bonchev–Trinajstić information content (AvgIpc) is 2.76. The molecule has 0 spiro atoms. The second-order valence-electron chi connectivity index (χ2n) is 6.70. The topological polar surface area (TPSA) is 79.0 Å². The quantitative estimate of drug-likeness (QED) is 0.856. The van der Waals surface area contributed by atoms with Crippen LogP contribution in [0.2, 0.25) is 0 Å². The van der Waals surface area contributed by atoms with Crippen LogP contribution in [0.1, 0.15) is 12.8 Å². The molecule has 2 aliphatic rings. The van der Waals surface area contributed by atoms with Crippen LogP contribution in [-0.2, 0) is 14.8 Å². The maximum absolute atomic E-state index is 13.0. The van der Waals surface area contributed by atoms with Gasteiger partial charge in [-0.05, 0) is 43.0 Å². The Balaban J connectivity index is 1.61. The van der Waals surface area contributed by atoms with Crippen LogP contribution in [0.3, 0.4) is 0 Å². The van der Waals surface area contributed by atoms with Gasteiger partial charge < -0.3 is 15.0 Å². The number of carbonyl (C=O) groups is 1. The molecule has 2 amide bonds. The van der Waals surface area contributed by atoms with Crippen molar-refractivity contribution in [1.82, 2.24) is 9.21 Å². The summed E-state index contributed by atoms with van der Waals surface area (Å²) in [6.45, 7) is 2.13. The van der Waals surface area contributed by atoms with Gasteiger partial charge in [0.05, 0.1) is 11.9 Å². The number of nitrogens with zero attached hydrogens (tertiary/aromatic N) is 2. The summed E-state index contributed by atoms with van der Waals surface area (Å²) in [5, 5.41) is 2.29. The number of nitrogens with one attached hydrogen (secondary N) is 1. The minimum Gasteiger partial charge on any atom is -0.383 e. The summed E-state index contributed by atoms with van der Waals surface area (Å²) in [5.74, 6) is -0.339. The molecule has 0 bridgehead atoms. The lowest BCUT2D eigenvalue weighted by Gasteiger charge is -2.22. The Morgan fingerprint density at radius 1 is 1.27 bits per heavy atom. The van der Waals surface area contributed by atoms with E-state index in [4.69, 9.17) is 4.74 Å². The lowest BCUT2D eigenvalue weighted by Crippen LogP contribution is -2.37. The van der Waals surface area contributed by atoms with Gasteiger partial charge in [0.25, 0.3) is 0 Å². The standard InChI is InChI=1S/C17H24FN3O4S/c1-25-11-10-21-12-13-6-8-20(9-7-16(13)26(21,23)24)17(22)19-15-4-2-14(18)3-5-15/h2-5,13,16H,6-12H2,1H3,(H,19,22)/t13-,16-/m0/s1. The van der Waals surface area contributed by atoms with Crippen LogP contribution < -0.4 is 5.32 Å². The summed E-state index contributed by atoms with van der Waals surface area (Å²) < 4.78 is 44.9. The van der Waals surface area contributed by atoms with Gasteiger partial charge in [-0.2, -0.15) is 4.31 Å². The molecule has 0 saturated carbocycles. The maximum atomic E-state index is 13.0. The number of fused-ring (bicyclic) bond motifs is 1. The molecule has 2 heterocycles. The third kappa shape index (κ3) is 3.99. The van der Waals surface area contributed by atoms with Crippen molar-refractivity contribution < 1.29 is 22.3 Å². The number of sulfonamides is 1. The molecular formula is C17H24FN3O4S. The highest BCUT2D eigenvalue weighted by atomic mass is 32.2. The first kappa shape index (κ1) is 19.1. The molecule has 1 N–H and O–H groups in total. The molecular weight excluding hydrogens is 361 g/mol. The molecule has 1 aromatic carbocycles. The van der Waals surface area contributed by atoms with Crippen LogP contribution >= 0.6 is 0 Å². The third-order valence-corrected chi connectivity index (χ3v) is 7.52. The van der Waals surface area contributed by atoms with Crippen LogP contribution in [0.5, 0.6) is 0 Å². The molecule has 9 heteroatoms. The molecule has 2 aliphatic heterocycles. The van der Waals surface area contributed by atoms with Gasteiger partial charge in [-0.3, -0.25) is 0 Å². The van der Waals surface area contributed by atoms with Gasteiger partial charge in [-0.25, -0.2) is 17.6 Å². The van der Waals surface area contributed by atoms with Crippen molar-refractivity contribution in [3.8, 4) is 0 Å². The summed E-state index contributed by atoms with van der Waals surface area (Å²) in [6, 6.07) is 5.27. The molecule has 0 unspecified atom stereocenters. The number of urea groups is 1. The smallest absolute Gasteiger partial charge is 0.321 e. The highest BCUT2D eigenvalue weighted by Crippen LogP contribution is 2.34. The van der Waals surface area contributed by atoms with E-state index in [0.717, 1.165) is 0 Å². The fraction of sp³-hybridized carbons (Fsp3) is 0.588. The number of hydrogen-bond acceptors (Lipinski definition) is 4. The minimum absolute atomic E-state index is 0.0282. The Bertz CT molecular complexity index is 741. The number of rotatable bonds is 4. The fourth-order valence-corrected chi connectivity index (χ4v) is 5.87. The molecule has 144 valence electrons. The first-order valence-electron chi connectivity index (χ1n) is 8.71. The van der Waals surface area contributed by atoms with E-state index in [0.29, 0.717) is 51.3 Å². The van der Waals surface area contributed by atoms with Crippen molar-refractivity contribution in [1.29, 1.82) is 0 Å². The summed E-state index contributed by atoms with van der Waals surface area (Å²) in [7, 11) is -1.79. The lowest BCUT2D eigenvalue weighted by atomic mass is 10.0. The number of ether oxygens (including phenoxy) is 1. The Labute approximate surface area is 153 Å². The first-order valence-corrected chi connectivity index (χ1v) is 10.2. The number of anilines is 1. The zero-order valence-electron chi connectivity index (χ0n) is 14.7. The zero-order valence-corrected chi connectivity index (χ0v) is 15.5. The Morgan fingerprint density at radius 2 is 1.96 bits per heavy atom. The second-order valence-corrected chi connectivity index (χ2v) is 8.85. The van der Waals surface area contributed by atoms with Gasteiger partial charge in [-0.1, -0.05) is 0 Å². The third-order valence-electron chi connectivity index (χ3n) is 5.09. The van der Waals surface area contributed by atoms with Gasteiger partial charge >= 0.3 is 6.03 Å². The highest BCUT2D eigenvalue weighted by Gasteiger charge is 2.46. The number of benzene rings is 1. The van der Waals surface area contributed by atoms with Gasteiger partial charge in [0.1, 0.15) is 5.82 Å². The van der Waals surface area contributed by atoms with Gasteiger partial charge in [0, 0.05) is 39.0 Å². The summed E-state index contributed by atoms with van der Waals surface area (Å²) >= 11 is 0. The Kier molecular flexibility index (Phi) is 5.79. The number of hydrogen-bond donors (Lipinski definition) is 1. The molecule has 0 aromatic heterocycles. The van der Waals surface area contributed by atoms with Crippen molar-refractivity contribution in [2.75, 3.05) is 45.2 Å². The van der Waals surface area contributed by atoms with Crippen LogP contribution in [0, 0.1) is 11.7 Å². The van der Waals surface area contributed by atoms with Crippen molar-refractivity contribution in [2.24, 2.45) is 5.92 Å². The van der Waals surface area contributed by atoms with E-state index in [1.165, 1.54) is 28.6 Å². The fourth-order valence-electron chi connectivity index (χ4n) is 3.65. The predicted octanol–water partition coefficient (Wildman–Crippen LogP) is 1.73. The number of methoxy groups -OCH3 is 1. The van der Waals surface area contributed by atoms with Crippen LogP contribution in [0.15, 0.2) is 24.3 Å². The molecule has 2 saturated heterocycles. The molecule has 0 aliphatic carbocycles. The number of halogens is 1. The normalized spacial score (nSPS) is 25.5. The first-order chi connectivity index (χ1) is 12.4. The Hall–Kier alpha value is -1.71. The minimum atomic E-state index is -3.34.